The van der Waals surface area contributed by atoms with Gasteiger partial charge in [0.2, 0.25) is 0 Å². The number of ether oxygens (including phenoxy) is 1. The smallest absolute Gasteiger partial charge is 0.259 e. The molecule has 2 aromatic carbocycles. The molecule has 0 radical (unpaired) electrons. The van der Waals surface area contributed by atoms with Crippen LogP contribution in [-0.4, -0.2) is 12.5 Å². The number of nitrogens with one attached hydrogen (secondary N) is 1. The molecule has 4 nitrogen and oxygen atoms in total. The number of nitrogen functional groups attached to an aromatic ring is 1. The average molecular weight is 298 g/mol. The predicted molar refractivity (Wildman–Crippen MR) is 90.4 cm³/mol. The molecule has 116 valence electrons. The van der Waals surface area contributed by atoms with Crippen LogP contribution in [0.3, 0.4) is 0 Å². The summed E-state index contributed by atoms with van der Waals surface area (Å²) in [4.78, 5) is 12.5. The van der Waals surface area contributed by atoms with E-state index in [1.807, 2.05) is 37.3 Å². The summed E-state index contributed by atoms with van der Waals surface area (Å²) in [5, 5.41) is 2.90. The highest BCUT2D eigenvalue weighted by Crippen LogP contribution is 2.23. The molecule has 0 saturated heterocycles. The van der Waals surface area contributed by atoms with Gasteiger partial charge in [0.05, 0.1) is 12.2 Å². The summed E-state index contributed by atoms with van der Waals surface area (Å²) in [5.74, 6) is 0.413. The van der Waals surface area contributed by atoms with E-state index in [2.05, 4.69) is 12.2 Å². The van der Waals surface area contributed by atoms with Crippen LogP contribution in [0, 0.1) is 6.92 Å². The van der Waals surface area contributed by atoms with Crippen LogP contribution in [0.25, 0.3) is 0 Å². The highest BCUT2D eigenvalue weighted by Gasteiger charge is 2.13. The number of carbonyl (C=O) groups is 1. The van der Waals surface area contributed by atoms with Crippen LogP contribution in [0.1, 0.15) is 35.7 Å². The number of para-hydroxylation sites is 1. The van der Waals surface area contributed by atoms with Crippen LogP contribution >= 0.6 is 0 Å². The molecular formula is C18H22N2O2. The van der Waals surface area contributed by atoms with Crippen LogP contribution in [-0.2, 0) is 0 Å². The van der Waals surface area contributed by atoms with Crippen molar-refractivity contribution in [1.82, 2.24) is 0 Å². The van der Waals surface area contributed by atoms with Crippen LogP contribution in [0.2, 0.25) is 0 Å². The first kappa shape index (κ1) is 15.9. The molecule has 2 aromatic rings. The first-order chi connectivity index (χ1) is 10.6. The van der Waals surface area contributed by atoms with Crippen molar-refractivity contribution in [3.05, 3.63) is 53.6 Å². The first-order valence-electron chi connectivity index (χ1n) is 7.51. The fourth-order valence-corrected chi connectivity index (χ4v) is 2.07. The van der Waals surface area contributed by atoms with Crippen molar-refractivity contribution in [2.75, 3.05) is 17.7 Å². The second-order valence-corrected chi connectivity index (χ2v) is 5.23. The van der Waals surface area contributed by atoms with Gasteiger partial charge >= 0.3 is 0 Å². The van der Waals surface area contributed by atoms with E-state index in [4.69, 9.17) is 10.5 Å². The number of unbranched alkanes of at least 4 members (excludes halogenated alkanes) is 1. The Morgan fingerprint density at radius 2 is 2.00 bits per heavy atom. The summed E-state index contributed by atoms with van der Waals surface area (Å²) in [6.07, 6.45) is 2.02. The van der Waals surface area contributed by atoms with Crippen molar-refractivity contribution in [3.63, 3.8) is 0 Å². The van der Waals surface area contributed by atoms with E-state index in [0.717, 1.165) is 18.4 Å². The van der Waals surface area contributed by atoms with Gasteiger partial charge in [-0.2, -0.15) is 0 Å². The standard InChI is InChI=1S/C18H22N2O2/c1-3-4-11-22-17-8-6-5-7-15(17)18(21)20-16-12-14(19)10-9-13(16)2/h5-10,12H,3-4,11,19H2,1-2H3,(H,20,21). The maximum absolute atomic E-state index is 12.5. The molecule has 22 heavy (non-hydrogen) atoms. The lowest BCUT2D eigenvalue weighted by molar-refractivity contribution is 0.102. The van der Waals surface area contributed by atoms with Crippen LogP contribution < -0.4 is 15.8 Å². The van der Waals surface area contributed by atoms with Crippen LogP contribution in [0.5, 0.6) is 5.75 Å². The minimum atomic E-state index is -0.194. The summed E-state index contributed by atoms with van der Waals surface area (Å²) in [5.41, 5.74) is 8.60. The molecule has 4 heteroatoms. The van der Waals surface area contributed by atoms with E-state index in [1.54, 1.807) is 12.1 Å². The Balaban J connectivity index is 2.17. The van der Waals surface area contributed by atoms with E-state index in [1.165, 1.54) is 0 Å². The lowest BCUT2D eigenvalue weighted by Crippen LogP contribution is -2.14. The van der Waals surface area contributed by atoms with Crippen molar-refractivity contribution >= 4 is 17.3 Å². The van der Waals surface area contributed by atoms with Crippen molar-refractivity contribution in [1.29, 1.82) is 0 Å². The monoisotopic (exact) mass is 298 g/mol. The van der Waals surface area contributed by atoms with Gasteiger partial charge in [-0.3, -0.25) is 4.79 Å². The second-order valence-electron chi connectivity index (χ2n) is 5.23. The molecule has 0 aliphatic rings. The molecular weight excluding hydrogens is 276 g/mol. The predicted octanol–water partition coefficient (Wildman–Crippen LogP) is 4.01. The number of anilines is 2. The number of benzene rings is 2. The Bertz CT molecular complexity index is 653. The lowest BCUT2D eigenvalue weighted by Gasteiger charge is -2.13. The van der Waals surface area contributed by atoms with Crippen molar-refractivity contribution < 1.29 is 9.53 Å². The van der Waals surface area contributed by atoms with Gasteiger partial charge in [-0.15, -0.1) is 0 Å². The Morgan fingerprint density at radius 3 is 2.77 bits per heavy atom. The van der Waals surface area contributed by atoms with Gasteiger partial charge in [-0.05, 0) is 43.2 Å². The SMILES string of the molecule is CCCCOc1ccccc1C(=O)Nc1cc(N)ccc1C. The summed E-state index contributed by atoms with van der Waals surface area (Å²) in [6.45, 7) is 4.64. The zero-order valence-corrected chi connectivity index (χ0v) is 13.1. The summed E-state index contributed by atoms with van der Waals surface area (Å²) in [6, 6.07) is 12.7. The first-order valence-corrected chi connectivity index (χ1v) is 7.51. The highest BCUT2D eigenvalue weighted by molar-refractivity contribution is 6.06. The fraction of sp³-hybridized carbons (Fsp3) is 0.278. The molecule has 0 bridgehead atoms. The van der Waals surface area contributed by atoms with E-state index in [-0.39, 0.29) is 5.91 Å². The van der Waals surface area contributed by atoms with Crippen LogP contribution in [0.4, 0.5) is 11.4 Å². The highest BCUT2D eigenvalue weighted by atomic mass is 16.5. The minimum Gasteiger partial charge on any atom is -0.493 e. The van der Waals surface area contributed by atoms with Crippen molar-refractivity contribution in [2.45, 2.75) is 26.7 Å². The molecule has 0 heterocycles. The number of rotatable bonds is 6. The number of amides is 1. The number of hydrogen-bond donors (Lipinski definition) is 2. The average Bonchev–Trinajstić information content (AvgIpc) is 2.51. The Labute approximate surface area is 131 Å². The molecule has 3 N–H and O–H groups in total. The van der Waals surface area contributed by atoms with E-state index in [9.17, 15) is 4.79 Å². The van der Waals surface area contributed by atoms with E-state index in [0.29, 0.717) is 29.3 Å². The molecule has 0 aromatic heterocycles. The maximum Gasteiger partial charge on any atom is 0.259 e. The molecule has 0 unspecified atom stereocenters. The van der Waals surface area contributed by atoms with Gasteiger partial charge in [0.15, 0.2) is 0 Å². The van der Waals surface area contributed by atoms with Gasteiger partial charge in [0.1, 0.15) is 5.75 Å². The minimum absolute atomic E-state index is 0.194. The summed E-state index contributed by atoms with van der Waals surface area (Å²) < 4.78 is 5.70. The number of aryl methyl sites for hydroxylation is 1. The quantitative estimate of drug-likeness (QED) is 0.625. The van der Waals surface area contributed by atoms with Crippen molar-refractivity contribution in [2.24, 2.45) is 0 Å². The second kappa shape index (κ2) is 7.50. The van der Waals surface area contributed by atoms with Gasteiger partial charge < -0.3 is 15.8 Å². The zero-order valence-electron chi connectivity index (χ0n) is 13.1. The van der Waals surface area contributed by atoms with Gasteiger partial charge in [0, 0.05) is 11.4 Å². The van der Waals surface area contributed by atoms with Gasteiger partial charge in [-0.1, -0.05) is 31.5 Å². The molecule has 0 spiro atoms. The topological polar surface area (TPSA) is 64.3 Å². The summed E-state index contributed by atoms with van der Waals surface area (Å²) >= 11 is 0. The number of carbonyl (C=O) groups excluding carboxylic acids is 1. The molecule has 0 atom stereocenters. The third kappa shape index (κ3) is 4.01. The Morgan fingerprint density at radius 1 is 1.23 bits per heavy atom. The number of nitrogens with two attached hydrogens (primary N) is 1. The van der Waals surface area contributed by atoms with E-state index >= 15 is 0 Å². The Hall–Kier alpha value is -2.49. The van der Waals surface area contributed by atoms with Gasteiger partial charge in [-0.25, -0.2) is 0 Å². The molecule has 0 saturated carbocycles. The third-order valence-electron chi connectivity index (χ3n) is 3.40. The summed E-state index contributed by atoms with van der Waals surface area (Å²) in [7, 11) is 0. The molecule has 0 aliphatic carbocycles. The van der Waals surface area contributed by atoms with Crippen LogP contribution in [0.15, 0.2) is 42.5 Å². The Kier molecular flexibility index (Phi) is 5.42. The van der Waals surface area contributed by atoms with E-state index < -0.39 is 0 Å². The largest absolute Gasteiger partial charge is 0.493 e. The van der Waals surface area contributed by atoms with Gasteiger partial charge in [0.25, 0.3) is 5.91 Å². The normalized spacial score (nSPS) is 10.3. The third-order valence-corrected chi connectivity index (χ3v) is 3.40. The maximum atomic E-state index is 12.5. The molecule has 0 fully saturated rings. The zero-order chi connectivity index (χ0) is 15.9. The fourth-order valence-electron chi connectivity index (χ4n) is 2.07. The molecule has 0 aliphatic heterocycles. The lowest BCUT2D eigenvalue weighted by atomic mass is 10.1. The molecule has 2 rings (SSSR count). The number of hydrogen-bond acceptors (Lipinski definition) is 3. The molecule has 1 amide bonds. The van der Waals surface area contributed by atoms with Crippen molar-refractivity contribution in [3.8, 4) is 5.75 Å².